The minimum atomic E-state index is -3.82. The lowest BCUT2D eigenvalue weighted by molar-refractivity contribution is 0.201. The van der Waals surface area contributed by atoms with Gasteiger partial charge in [0.1, 0.15) is 11.8 Å². The molecule has 0 fully saturated rings. The predicted molar refractivity (Wildman–Crippen MR) is 90.2 cm³/mol. The quantitative estimate of drug-likeness (QED) is 0.716. The molecule has 0 radical (unpaired) electrons. The van der Waals surface area contributed by atoms with Gasteiger partial charge in [0.05, 0.1) is 15.1 Å². The third-order valence-electron chi connectivity index (χ3n) is 2.31. The lowest BCUT2D eigenvalue weighted by atomic mass is 10.1. The molecule has 1 N–H and O–H groups in total. The molecule has 0 amide bonds. The van der Waals surface area contributed by atoms with E-state index in [1.54, 1.807) is 0 Å². The van der Waals surface area contributed by atoms with E-state index < -0.39 is 107 Å². The maximum Gasteiger partial charge on any atom is 0.134 e. The van der Waals surface area contributed by atoms with E-state index in [-0.39, 0.29) is 11.3 Å². The van der Waals surface area contributed by atoms with Crippen molar-refractivity contribution < 1.29 is 29.4 Å². The molecular formula is C18H19NOS. The summed E-state index contributed by atoms with van der Waals surface area (Å²) in [6.45, 7) is -6.96. The number of hydrogen-bond acceptors (Lipinski definition) is 3. The van der Waals surface area contributed by atoms with Crippen molar-refractivity contribution in [1.82, 2.24) is 5.32 Å². The molecule has 1 aromatic heterocycles. The molecule has 0 bridgehead atoms. The van der Waals surface area contributed by atoms with Gasteiger partial charge < -0.3 is 10.1 Å². The zero-order chi connectivity index (χ0) is 30.2. The first-order valence-corrected chi connectivity index (χ1v) is 6.38. The van der Waals surface area contributed by atoms with E-state index in [2.05, 4.69) is 0 Å². The van der Waals surface area contributed by atoms with Crippen LogP contribution in [0, 0.1) is 0 Å². The smallest absolute Gasteiger partial charge is 0.134 e. The monoisotopic (exact) mass is 315 g/mol. The Balaban J connectivity index is 2.50. The molecule has 0 aliphatic heterocycles. The highest BCUT2D eigenvalue weighted by atomic mass is 32.1. The van der Waals surface area contributed by atoms with E-state index in [4.69, 9.17) is 29.4 Å². The van der Waals surface area contributed by atoms with Gasteiger partial charge in [-0.15, -0.1) is 11.3 Å². The van der Waals surface area contributed by atoms with Crippen LogP contribution >= 0.6 is 11.3 Å². The molecule has 1 atom stereocenters. The van der Waals surface area contributed by atoms with Crippen molar-refractivity contribution in [2.24, 2.45) is 0 Å². The Bertz CT molecular complexity index is 1470. The molecule has 3 rings (SSSR count). The zero-order valence-electron chi connectivity index (χ0n) is 28.3. The van der Waals surface area contributed by atoms with E-state index in [0.717, 1.165) is 0 Å². The number of hydrogen-bond donors (Lipinski definition) is 1. The summed E-state index contributed by atoms with van der Waals surface area (Å²) >= 11 is 0.168. The molecule has 0 aliphatic carbocycles. The van der Waals surface area contributed by atoms with Crippen LogP contribution in [0.1, 0.15) is 42.0 Å². The second-order valence-corrected chi connectivity index (χ2v) is 4.36. The summed E-state index contributed by atoms with van der Waals surface area (Å²) < 4.78 is 151. The van der Waals surface area contributed by atoms with Crippen LogP contribution in [0.5, 0.6) is 5.75 Å². The van der Waals surface area contributed by atoms with Crippen molar-refractivity contribution in [2.75, 3.05) is 13.5 Å². The van der Waals surface area contributed by atoms with Gasteiger partial charge in [-0.2, -0.15) is 0 Å². The molecule has 0 aliphatic rings. The average molecular weight is 316 g/mol. The molecule has 2 aromatic carbocycles. The molecule has 3 aromatic rings. The molecular weight excluding hydrogens is 278 g/mol. The Morgan fingerprint density at radius 2 is 2.19 bits per heavy atom. The summed E-state index contributed by atoms with van der Waals surface area (Å²) in [6, 6.07) is -7.94. The molecule has 21 heavy (non-hydrogen) atoms. The predicted octanol–water partition coefficient (Wildman–Crippen LogP) is 4.63. The van der Waals surface area contributed by atoms with Crippen LogP contribution < -0.4 is 10.1 Å². The van der Waals surface area contributed by atoms with Crippen LogP contribution in [-0.2, 0) is 0 Å². The van der Waals surface area contributed by atoms with Gasteiger partial charge in [-0.25, -0.2) is 0 Å². The maximum absolute atomic E-state index is 9.01. The van der Waals surface area contributed by atoms with Crippen molar-refractivity contribution in [3.63, 3.8) is 0 Å². The standard InChI is InChI=1S/C18H19NOS/c1-19-12-11-17(18-10-5-13-21-18)20-16-9-4-7-14-6-2-3-8-15(14)16/h2-10,13,17,19H,11-12H2,1H3/t17-/m1/s1/i1D3,2D,3D,4D,5D,6D,7D,8D,9D,10D,11D2,12D2,13D,17D. The topological polar surface area (TPSA) is 21.3 Å². The van der Waals surface area contributed by atoms with E-state index >= 15 is 0 Å². The van der Waals surface area contributed by atoms with Crippen LogP contribution in [0.4, 0.5) is 0 Å². The van der Waals surface area contributed by atoms with Crippen molar-refractivity contribution in [1.29, 1.82) is 0 Å². The molecule has 2 nitrogen and oxygen atoms in total. The van der Waals surface area contributed by atoms with Gasteiger partial charge >= 0.3 is 0 Å². The average Bonchev–Trinajstić information content (AvgIpc) is 3.07. The van der Waals surface area contributed by atoms with Crippen LogP contribution in [0.2, 0.25) is 0 Å². The van der Waals surface area contributed by atoms with Crippen molar-refractivity contribution in [2.45, 2.75) is 12.5 Å². The van der Waals surface area contributed by atoms with Gasteiger partial charge in [0.2, 0.25) is 0 Å². The first-order chi connectivity index (χ1) is 17.5. The van der Waals surface area contributed by atoms with Crippen LogP contribution in [0.15, 0.2) is 59.7 Å². The first-order valence-electron chi connectivity index (χ1n) is 14.6. The number of fused-ring (bicyclic) bond motifs is 1. The fraction of sp³-hybridized carbons (Fsp3) is 0.222. The van der Waals surface area contributed by atoms with Gasteiger partial charge in [0, 0.05) is 26.2 Å². The second kappa shape index (κ2) is 6.74. The van der Waals surface area contributed by atoms with Gasteiger partial charge in [-0.05, 0) is 36.3 Å². The minimum absolute atomic E-state index is 0.168. The third-order valence-corrected chi connectivity index (χ3v) is 3.00. The summed E-state index contributed by atoms with van der Waals surface area (Å²) in [7, 11) is 0. The lowest BCUT2D eigenvalue weighted by Crippen LogP contribution is -2.15. The molecule has 1 heterocycles. The summed E-state index contributed by atoms with van der Waals surface area (Å²) in [5.41, 5.74) is 0. The number of rotatable bonds is 6. The normalized spacial score (nSPS) is 28.2. The Morgan fingerprint density at radius 1 is 1.29 bits per heavy atom. The molecule has 3 heteroatoms. The summed E-state index contributed by atoms with van der Waals surface area (Å²) in [5.74, 6) is -1.05. The fourth-order valence-corrected chi connectivity index (χ4v) is 1.96. The number of nitrogens with one attached hydrogen (secondary N) is 1. The number of ether oxygens (including phenoxy) is 1. The Kier molecular flexibility index (Phi) is 1.32. The highest BCUT2D eigenvalue weighted by Crippen LogP contribution is 2.32. The largest absolute Gasteiger partial charge is 0.484 e. The van der Waals surface area contributed by atoms with E-state index in [0.29, 0.717) is 0 Å². The highest BCUT2D eigenvalue weighted by molar-refractivity contribution is 7.10. The third kappa shape index (κ3) is 3.26. The van der Waals surface area contributed by atoms with Crippen LogP contribution in [0.25, 0.3) is 10.8 Å². The molecule has 0 saturated carbocycles. The van der Waals surface area contributed by atoms with Crippen LogP contribution in [0.3, 0.4) is 0 Å². The van der Waals surface area contributed by atoms with E-state index in [1.165, 1.54) is 5.32 Å². The molecule has 0 spiro atoms. The van der Waals surface area contributed by atoms with Crippen molar-refractivity contribution >= 4 is 22.1 Å². The zero-order valence-corrected chi connectivity index (χ0v) is 11.1. The Hall–Kier alpha value is -1.84. The summed E-state index contributed by atoms with van der Waals surface area (Å²) in [6.07, 6.45) is -7.40. The fourth-order valence-electron chi connectivity index (χ4n) is 1.47. The maximum atomic E-state index is 9.01. The summed E-state index contributed by atoms with van der Waals surface area (Å²) in [4.78, 5) is -0.895. The van der Waals surface area contributed by atoms with Gasteiger partial charge in [-0.3, -0.25) is 0 Å². The molecule has 0 unspecified atom stereocenters. The SMILES string of the molecule is [2H]c1sc([C@]([2H])(Oc2c([2H])c([2H])c([2H])c3c([2H])c([2H])c([2H])c([2H])c23)C([2H])([2H])C([2H])([2H])NC([2H])([2H])[2H])c([2H])c1[2H]. The highest BCUT2D eigenvalue weighted by Gasteiger charge is 2.15. The van der Waals surface area contributed by atoms with Crippen LogP contribution in [-0.4, -0.2) is 13.5 Å². The van der Waals surface area contributed by atoms with Gasteiger partial charge in [0.25, 0.3) is 0 Å². The Labute approximate surface area is 154 Å². The molecule has 0 saturated heterocycles. The number of benzene rings is 2. The second-order valence-electron chi connectivity index (χ2n) is 3.54. The van der Waals surface area contributed by atoms with E-state index in [9.17, 15) is 0 Å². The Morgan fingerprint density at radius 3 is 3.05 bits per heavy atom. The van der Waals surface area contributed by atoms with Crippen molar-refractivity contribution in [3.05, 3.63) is 64.6 Å². The summed E-state index contributed by atoms with van der Waals surface area (Å²) in [5, 5.41) is -0.578. The van der Waals surface area contributed by atoms with Gasteiger partial charge in [0.15, 0.2) is 0 Å². The molecule has 108 valence electrons. The number of thiophene rings is 1. The first kappa shape index (κ1) is 4.12. The minimum Gasteiger partial charge on any atom is -0.484 e. The van der Waals surface area contributed by atoms with Crippen molar-refractivity contribution in [3.8, 4) is 5.75 Å². The lowest BCUT2D eigenvalue weighted by Gasteiger charge is -2.19. The van der Waals surface area contributed by atoms with Gasteiger partial charge in [-0.1, -0.05) is 42.3 Å². The van der Waals surface area contributed by atoms with E-state index in [1.807, 2.05) is 0 Å².